The van der Waals surface area contributed by atoms with E-state index in [1.807, 2.05) is 23.1 Å². The fraction of sp³-hybridized carbons (Fsp3) is 0.200. The van der Waals surface area contributed by atoms with Gasteiger partial charge in [-0.25, -0.2) is 0 Å². The number of hydrogen-bond donors (Lipinski definition) is 0. The van der Waals surface area contributed by atoms with E-state index in [0.29, 0.717) is 0 Å². The second kappa shape index (κ2) is 3.64. The summed E-state index contributed by atoms with van der Waals surface area (Å²) >= 11 is 7.25. The van der Waals surface area contributed by atoms with Crippen LogP contribution in [0.15, 0.2) is 26.9 Å². The molecule has 0 bridgehead atoms. The van der Waals surface area contributed by atoms with Crippen molar-refractivity contribution in [1.29, 1.82) is 0 Å². The molecule has 0 fully saturated rings. The summed E-state index contributed by atoms with van der Waals surface area (Å²) in [6.45, 7) is 2.16. The second-order valence-corrected chi connectivity index (χ2v) is 5.89. The van der Waals surface area contributed by atoms with Crippen LogP contribution in [0.25, 0.3) is 10.1 Å². The van der Waals surface area contributed by atoms with Gasteiger partial charge in [0.1, 0.15) is 0 Å². The molecule has 0 aliphatic carbocycles. The highest BCUT2D eigenvalue weighted by Gasteiger charge is 2.05. The third-order valence-electron chi connectivity index (χ3n) is 2.01. The Bertz CT molecular complexity index is 406. The van der Waals surface area contributed by atoms with Gasteiger partial charge in [0.15, 0.2) is 0 Å². The minimum Gasteiger partial charge on any atom is -0.129 e. The van der Waals surface area contributed by atoms with Crippen molar-refractivity contribution in [3.8, 4) is 0 Å². The summed E-state index contributed by atoms with van der Waals surface area (Å²) in [5.41, 5.74) is 1.36. The highest BCUT2D eigenvalue weighted by molar-refractivity contribution is 9.10. The van der Waals surface area contributed by atoms with Crippen LogP contribution in [0.3, 0.4) is 0 Å². The lowest BCUT2D eigenvalue weighted by molar-refractivity contribution is 1.55. The number of aryl methyl sites for hydroxylation is 1. The summed E-state index contributed by atoms with van der Waals surface area (Å²) in [6.07, 6.45) is 2.12. The highest BCUT2D eigenvalue weighted by atomic mass is 79.9. The Labute approximate surface area is 94.5 Å². The van der Waals surface area contributed by atoms with E-state index in [1.54, 1.807) is 0 Å². The maximum Gasteiger partial charge on any atom is 0.0608 e. The smallest absolute Gasteiger partial charge is 0.0608 e. The first-order chi connectivity index (χ1) is 6.22. The first-order valence-electron chi connectivity index (χ1n) is 3.95. The van der Waals surface area contributed by atoms with Crippen LogP contribution >= 0.6 is 39.0 Å². The number of rotatable bonds is 1. The van der Waals surface area contributed by atoms with E-state index in [1.165, 1.54) is 24.3 Å². The average Bonchev–Trinajstić information content (AvgIpc) is 2.56. The zero-order valence-corrected chi connectivity index (χ0v) is 10.6. The molecule has 0 saturated heterocycles. The van der Waals surface area contributed by atoms with Crippen molar-refractivity contribution in [2.24, 2.45) is 0 Å². The first kappa shape index (κ1) is 9.56. The lowest BCUT2D eigenvalue weighted by Crippen LogP contribution is -1.71. The fourth-order valence-electron chi connectivity index (χ4n) is 1.30. The van der Waals surface area contributed by atoms with Crippen molar-refractivity contribution < 1.29 is 0 Å². The van der Waals surface area contributed by atoms with Crippen molar-refractivity contribution >= 4 is 49.1 Å². The second-order valence-electron chi connectivity index (χ2n) is 2.88. The molecule has 2 rings (SSSR count). The average molecular weight is 273 g/mol. The number of fused-ring (bicyclic) bond motifs is 1. The molecule has 68 valence electrons. The van der Waals surface area contributed by atoms with Crippen molar-refractivity contribution in [3.05, 3.63) is 28.2 Å². The minimum absolute atomic E-state index is 1.20. The molecule has 1 heterocycles. The fourth-order valence-corrected chi connectivity index (χ4v) is 3.58. The third-order valence-corrected chi connectivity index (χ3v) is 5.03. The molecule has 3 heteroatoms. The Morgan fingerprint density at radius 1 is 1.38 bits per heavy atom. The maximum absolute atomic E-state index is 3.57. The predicted molar refractivity (Wildman–Crippen MR) is 66.0 cm³/mol. The molecule has 1 aromatic heterocycles. The molecular weight excluding hydrogens is 264 g/mol. The quantitative estimate of drug-likeness (QED) is 0.679. The normalized spacial score (nSPS) is 11.0. The van der Waals surface area contributed by atoms with Crippen LogP contribution in [0.2, 0.25) is 0 Å². The summed E-state index contributed by atoms with van der Waals surface area (Å²) in [5.74, 6) is 0. The van der Waals surface area contributed by atoms with Gasteiger partial charge in [0.25, 0.3) is 0 Å². The third kappa shape index (κ3) is 1.65. The number of halogens is 1. The van der Waals surface area contributed by atoms with Crippen LogP contribution < -0.4 is 0 Å². The Hall–Kier alpha value is 0.01000. The van der Waals surface area contributed by atoms with Gasteiger partial charge in [0.05, 0.1) is 4.21 Å². The largest absolute Gasteiger partial charge is 0.129 e. The molecule has 13 heavy (non-hydrogen) atoms. The molecule has 0 saturated carbocycles. The Morgan fingerprint density at radius 3 is 2.77 bits per heavy atom. The molecule has 0 unspecified atom stereocenters. The Balaban J connectivity index is 2.80. The lowest BCUT2D eigenvalue weighted by Gasteiger charge is -1.96. The van der Waals surface area contributed by atoms with Crippen LogP contribution in [0.4, 0.5) is 0 Å². The van der Waals surface area contributed by atoms with Crippen molar-refractivity contribution in [2.45, 2.75) is 11.1 Å². The van der Waals surface area contributed by atoms with E-state index >= 15 is 0 Å². The zero-order valence-electron chi connectivity index (χ0n) is 7.43. The molecule has 0 N–H and O–H groups in total. The number of thioether (sulfide) groups is 1. The van der Waals surface area contributed by atoms with Crippen molar-refractivity contribution in [2.75, 3.05) is 6.26 Å². The SMILES string of the molecule is CSc1cc2c(Br)ccc(C)c2s1. The summed E-state index contributed by atoms with van der Waals surface area (Å²) < 4.78 is 3.98. The molecule has 2 aromatic rings. The van der Waals surface area contributed by atoms with Gasteiger partial charge in [-0.2, -0.15) is 0 Å². The van der Waals surface area contributed by atoms with Gasteiger partial charge in [0.2, 0.25) is 0 Å². The van der Waals surface area contributed by atoms with Gasteiger partial charge in [-0.1, -0.05) is 22.0 Å². The number of hydrogen-bond acceptors (Lipinski definition) is 2. The van der Waals surface area contributed by atoms with Gasteiger partial charge in [-0.3, -0.25) is 0 Å². The van der Waals surface area contributed by atoms with E-state index < -0.39 is 0 Å². The molecule has 0 nitrogen and oxygen atoms in total. The zero-order chi connectivity index (χ0) is 9.42. The van der Waals surface area contributed by atoms with E-state index in [2.05, 4.69) is 47.3 Å². The van der Waals surface area contributed by atoms with Crippen LogP contribution in [0, 0.1) is 6.92 Å². The van der Waals surface area contributed by atoms with Crippen molar-refractivity contribution in [3.63, 3.8) is 0 Å². The molecule has 0 amide bonds. The molecule has 0 atom stereocenters. The molecule has 0 aliphatic rings. The summed E-state index contributed by atoms with van der Waals surface area (Å²) in [7, 11) is 0. The van der Waals surface area contributed by atoms with Crippen LogP contribution in [0.1, 0.15) is 5.56 Å². The van der Waals surface area contributed by atoms with Gasteiger partial charge < -0.3 is 0 Å². The summed E-state index contributed by atoms with van der Waals surface area (Å²) in [4.78, 5) is 0. The van der Waals surface area contributed by atoms with Gasteiger partial charge >= 0.3 is 0 Å². The Morgan fingerprint density at radius 2 is 2.15 bits per heavy atom. The summed E-state index contributed by atoms with van der Waals surface area (Å²) in [5, 5.41) is 1.34. The van der Waals surface area contributed by atoms with Crippen molar-refractivity contribution in [1.82, 2.24) is 0 Å². The summed E-state index contributed by atoms with van der Waals surface area (Å²) in [6, 6.07) is 6.53. The monoisotopic (exact) mass is 272 g/mol. The predicted octanol–water partition coefficient (Wildman–Crippen LogP) is 4.69. The lowest BCUT2D eigenvalue weighted by atomic mass is 10.2. The topological polar surface area (TPSA) is 0 Å². The van der Waals surface area contributed by atoms with Gasteiger partial charge in [-0.15, -0.1) is 23.1 Å². The molecule has 0 radical (unpaired) electrons. The minimum atomic E-state index is 1.20. The van der Waals surface area contributed by atoms with Crippen LogP contribution in [-0.4, -0.2) is 6.26 Å². The molecule has 1 aromatic carbocycles. The van der Waals surface area contributed by atoms with E-state index in [0.717, 1.165) is 0 Å². The van der Waals surface area contributed by atoms with Gasteiger partial charge in [-0.05, 0) is 30.9 Å². The first-order valence-corrected chi connectivity index (χ1v) is 6.78. The van der Waals surface area contributed by atoms with Crippen LogP contribution in [0.5, 0.6) is 0 Å². The number of thiophene rings is 1. The van der Waals surface area contributed by atoms with Crippen LogP contribution in [-0.2, 0) is 0 Å². The van der Waals surface area contributed by atoms with E-state index in [9.17, 15) is 0 Å². The number of benzene rings is 1. The molecular formula is C10H9BrS2. The van der Waals surface area contributed by atoms with E-state index in [4.69, 9.17) is 0 Å². The molecule has 0 spiro atoms. The highest BCUT2D eigenvalue weighted by Crippen LogP contribution is 2.37. The van der Waals surface area contributed by atoms with Gasteiger partial charge in [0, 0.05) is 14.6 Å². The Kier molecular flexibility index (Phi) is 2.67. The molecule has 0 aliphatic heterocycles. The standard InChI is InChI=1S/C10H9BrS2/c1-6-3-4-8(11)7-5-9(12-2)13-10(6)7/h3-5H,1-2H3. The maximum atomic E-state index is 3.57. The van der Waals surface area contributed by atoms with E-state index in [-0.39, 0.29) is 0 Å².